The average Bonchev–Trinajstić information content (AvgIpc) is 3.18. The second-order valence-corrected chi connectivity index (χ2v) is 7.06. The van der Waals surface area contributed by atoms with E-state index >= 15 is 0 Å². The highest BCUT2D eigenvalue weighted by Gasteiger charge is 2.12. The molecule has 0 saturated heterocycles. The molecule has 120 valence electrons. The Morgan fingerprint density at radius 1 is 1.29 bits per heavy atom. The minimum absolute atomic E-state index is 0.300. The zero-order valence-electron chi connectivity index (χ0n) is 12.7. The lowest BCUT2D eigenvalue weighted by Crippen LogP contribution is -2.16. The van der Waals surface area contributed by atoms with Crippen LogP contribution >= 0.6 is 22.7 Å². The highest BCUT2D eigenvalue weighted by Crippen LogP contribution is 2.21. The summed E-state index contributed by atoms with van der Waals surface area (Å²) in [6, 6.07) is 10.2. The van der Waals surface area contributed by atoms with Crippen molar-refractivity contribution in [1.29, 1.82) is 0 Å². The van der Waals surface area contributed by atoms with Crippen molar-refractivity contribution >= 4 is 49.0 Å². The van der Waals surface area contributed by atoms with Crippen molar-refractivity contribution in [1.82, 2.24) is 9.55 Å². The van der Waals surface area contributed by atoms with Crippen molar-refractivity contribution in [3.8, 4) is 0 Å². The van der Waals surface area contributed by atoms with Crippen LogP contribution in [0.15, 0.2) is 46.9 Å². The molecule has 0 saturated carbocycles. The Balaban J connectivity index is 1.86. The Bertz CT molecular complexity index is 1140. The molecule has 24 heavy (non-hydrogen) atoms. The van der Waals surface area contributed by atoms with Crippen LogP contribution in [-0.4, -0.2) is 15.5 Å². The Morgan fingerprint density at radius 2 is 2.17 bits per heavy atom. The lowest BCUT2D eigenvalue weighted by molar-refractivity contribution is 0.0998. The summed E-state index contributed by atoms with van der Waals surface area (Å²) in [5.74, 6) is -0.634. The number of carbonyl (C=O) groups excluding carboxylic acids is 1. The van der Waals surface area contributed by atoms with Gasteiger partial charge in [0.15, 0.2) is 4.80 Å². The fourth-order valence-corrected chi connectivity index (χ4v) is 4.43. The fraction of sp³-hybridized carbons (Fsp3) is 0.118. The highest BCUT2D eigenvalue weighted by atomic mass is 32.1. The first-order valence-corrected chi connectivity index (χ1v) is 9.07. The van der Waals surface area contributed by atoms with Crippen molar-refractivity contribution in [2.24, 2.45) is 4.99 Å². The number of hydrogen-bond donors (Lipinski definition) is 0. The Labute approximate surface area is 144 Å². The Kier molecular flexibility index (Phi) is 3.74. The molecule has 0 aliphatic heterocycles. The summed E-state index contributed by atoms with van der Waals surface area (Å²) in [6.07, 6.45) is 0. The van der Waals surface area contributed by atoms with Gasteiger partial charge in [-0.2, -0.15) is 4.99 Å². The average molecular weight is 357 g/mol. The monoisotopic (exact) mass is 357 g/mol. The van der Waals surface area contributed by atoms with Gasteiger partial charge in [-0.3, -0.25) is 4.79 Å². The van der Waals surface area contributed by atoms with Gasteiger partial charge in [0.2, 0.25) is 0 Å². The molecule has 0 spiro atoms. The van der Waals surface area contributed by atoms with Gasteiger partial charge >= 0.3 is 0 Å². The summed E-state index contributed by atoms with van der Waals surface area (Å²) >= 11 is 2.80. The van der Waals surface area contributed by atoms with E-state index in [0.717, 1.165) is 14.9 Å². The van der Waals surface area contributed by atoms with E-state index in [1.807, 2.05) is 19.1 Å². The largest absolute Gasteiger partial charge is 0.314 e. The summed E-state index contributed by atoms with van der Waals surface area (Å²) in [5, 5.41) is 0. The van der Waals surface area contributed by atoms with Crippen molar-refractivity contribution in [2.45, 2.75) is 13.5 Å². The van der Waals surface area contributed by atoms with E-state index in [9.17, 15) is 9.18 Å². The van der Waals surface area contributed by atoms with Crippen LogP contribution in [0.2, 0.25) is 0 Å². The molecule has 1 amide bonds. The van der Waals surface area contributed by atoms with E-state index in [0.29, 0.717) is 22.4 Å². The van der Waals surface area contributed by atoms with Crippen molar-refractivity contribution < 1.29 is 9.18 Å². The van der Waals surface area contributed by atoms with Crippen LogP contribution in [0.5, 0.6) is 0 Å². The zero-order valence-corrected chi connectivity index (χ0v) is 14.3. The summed E-state index contributed by atoms with van der Waals surface area (Å²) in [4.78, 5) is 21.5. The standard InChI is InChI=1S/C17H12FN3OS2/c1-2-21-15-11(18)4-3-5-13(15)24-17(21)20-16(22)10-6-7-12-14(8-10)23-9-19-12/h3-9H,2H2,1H3. The highest BCUT2D eigenvalue weighted by molar-refractivity contribution is 7.17. The maximum Gasteiger partial charge on any atom is 0.279 e. The lowest BCUT2D eigenvalue weighted by Gasteiger charge is -2.01. The fourth-order valence-electron chi connectivity index (χ4n) is 2.61. The number of fused-ring (bicyclic) bond motifs is 2. The second-order valence-electron chi connectivity index (χ2n) is 5.17. The molecule has 0 N–H and O–H groups in total. The lowest BCUT2D eigenvalue weighted by atomic mass is 10.2. The van der Waals surface area contributed by atoms with Gasteiger partial charge in [0, 0.05) is 12.1 Å². The van der Waals surface area contributed by atoms with Crippen LogP contribution in [0.3, 0.4) is 0 Å². The molecule has 4 nitrogen and oxygen atoms in total. The Hall–Kier alpha value is -2.38. The maximum absolute atomic E-state index is 14.1. The number of halogens is 1. The molecule has 4 aromatic rings. The molecule has 7 heteroatoms. The van der Waals surface area contributed by atoms with Gasteiger partial charge in [0.25, 0.3) is 5.91 Å². The Morgan fingerprint density at radius 3 is 3.00 bits per heavy atom. The number of carbonyl (C=O) groups is 1. The summed E-state index contributed by atoms with van der Waals surface area (Å²) in [6.45, 7) is 2.45. The molecular formula is C17H12FN3OS2. The topological polar surface area (TPSA) is 47.2 Å². The maximum atomic E-state index is 14.1. The van der Waals surface area contributed by atoms with E-state index in [2.05, 4.69) is 9.98 Å². The van der Waals surface area contributed by atoms with Crippen LogP contribution in [0.1, 0.15) is 17.3 Å². The van der Waals surface area contributed by atoms with Gasteiger partial charge in [-0.05, 0) is 37.3 Å². The summed E-state index contributed by atoms with van der Waals surface area (Å²) in [7, 11) is 0. The number of benzene rings is 2. The SMILES string of the molecule is CCn1c(=NC(=O)c2ccc3ncsc3c2)sc2cccc(F)c21. The summed E-state index contributed by atoms with van der Waals surface area (Å²) in [5.41, 5.74) is 3.61. The first-order valence-electron chi connectivity index (χ1n) is 7.37. The number of hydrogen-bond acceptors (Lipinski definition) is 4. The predicted octanol–water partition coefficient (Wildman–Crippen LogP) is 4.21. The van der Waals surface area contributed by atoms with E-state index in [1.165, 1.54) is 28.7 Å². The van der Waals surface area contributed by atoms with E-state index in [1.54, 1.807) is 28.3 Å². The van der Waals surface area contributed by atoms with Gasteiger partial charge in [-0.1, -0.05) is 17.4 Å². The molecule has 0 fully saturated rings. The molecule has 2 aromatic heterocycles. The predicted molar refractivity (Wildman–Crippen MR) is 95.0 cm³/mol. The van der Waals surface area contributed by atoms with Crippen LogP contribution in [0.4, 0.5) is 4.39 Å². The van der Waals surface area contributed by atoms with E-state index < -0.39 is 0 Å². The summed E-state index contributed by atoms with van der Waals surface area (Å²) < 4.78 is 17.6. The number of amides is 1. The molecule has 2 heterocycles. The first kappa shape index (κ1) is 15.2. The number of rotatable bonds is 2. The molecule has 0 aliphatic rings. The molecule has 0 unspecified atom stereocenters. The van der Waals surface area contributed by atoms with Gasteiger partial charge in [0.1, 0.15) is 5.82 Å². The molecule has 0 atom stereocenters. The van der Waals surface area contributed by atoms with Gasteiger partial charge in [0.05, 0.1) is 25.9 Å². The normalized spacial score (nSPS) is 12.3. The number of aryl methyl sites for hydroxylation is 1. The number of aromatic nitrogens is 2. The van der Waals surface area contributed by atoms with Crippen LogP contribution in [-0.2, 0) is 6.54 Å². The van der Waals surface area contributed by atoms with Crippen LogP contribution in [0.25, 0.3) is 20.4 Å². The molecule has 0 radical (unpaired) electrons. The minimum Gasteiger partial charge on any atom is -0.314 e. The van der Waals surface area contributed by atoms with Crippen LogP contribution < -0.4 is 4.80 Å². The third-order valence-electron chi connectivity index (χ3n) is 3.74. The van der Waals surface area contributed by atoms with Gasteiger partial charge in [-0.15, -0.1) is 11.3 Å². The molecular weight excluding hydrogens is 345 g/mol. The van der Waals surface area contributed by atoms with Gasteiger partial charge < -0.3 is 4.57 Å². The van der Waals surface area contributed by atoms with E-state index in [4.69, 9.17) is 0 Å². The second kappa shape index (κ2) is 5.92. The van der Waals surface area contributed by atoms with Gasteiger partial charge in [-0.25, -0.2) is 9.37 Å². The number of nitrogens with zero attached hydrogens (tertiary/aromatic N) is 3. The van der Waals surface area contributed by atoms with Crippen molar-refractivity contribution in [3.05, 3.63) is 58.1 Å². The molecule has 4 rings (SSSR count). The third kappa shape index (κ3) is 2.46. The number of para-hydroxylation sites is 1. The zero-order chi connectivity index (χ0) is 16.7. The third-order valence-corrected chi connectivity index (χ3v) is 5.58. The van der Waals surface area contributed by atoms with Crippen molar-refractivity contribution in [3.63, 3.8) is 0 Å². The molecule has 2 aromatic carbocycles. The minimum atomic E-state index is -0.334. The quantitative estimate of drug-likeness (QED) is 0.539. The molecule has 0 bridgehead atoms. The molecule has 0 aliphatic carbocycles. The van der Waals surface area contributed by atoms with E-state index in [-0.39, 0.29) is 11.7 Å². The first-order chi connectivity index (χ1) is 11.7. The number of thiazole rings is 2. The smallest absolute Gasteiger partial charge is 0.279 e. The van der Waals surface area contributed by atoms with Crippen molar-refractivity contribution in [2.75, 3.05) is 0 Å². The van der Waals surface area contributed by atoms with Crippen LogP contribution in [0, 0.1) is 5.82 Å².